The Bertz CT molecular complexity index is 866. The van der Waals surface area contributed by atoms with Crippen LogP contribution >= 0.6 is 11.3 Å². The highest BCUT2D eigenvalue weighted by molar-refractivity contribution is 7.17. The average molecular weight is 375 g/mol. The highest BCUT2D eigenvalue weighted by atomic mass is 32.1. The molecule has 2 heterocycles. The summed E-state index contributed by atoms with van der Waals surface area (Å²) in [5.74, 6) is 0.240. The van der Waals surface area contributed by atoms with Gasteiger partial charge in [0.15, 0.2) is 5.78 Å². The van der Waals surface area contributed by atoms with Gasteiger partial charge < -0.3 is 10.1 Å². The van der Waals surface area contributed by atoms with Gasteiger partial charge in [0.2, 0.25) is 5.91 Å². The lowest BCUT2D eigenvalue weighted by atomic mass is 9.95. The van der Waals surface area contributed by atoms with Crippen molar-refractivity contribution in [2.75, 3.05) is 6.54 Å². The van der Waals surface area contributed by atoms with Crippen molar-refractivity contribution in [2.24, 2.45) is 5.41 Å². The van der Waals surface area contributed by atoms with Gasteiger partial charge in [0.1, 0.15) is 17.7 Å². The zero-order valence-corrected chi connectivity index (χ0v) is 16.1. The van der Waals surface area contributed by atoms with Crippen LogP contribution in [0.1, 0.15) is 42.9 Å². The molecule has 3 rings (SSSR count). The molecule has 0 radical (unpaired) electrons. The topological polar surface area (TPSA) is 55.4 Å². The number of hydrogen-bond acceptors (Lipinski definition) is 4. The molecular weight excluding hydrogens is 353 g/mol. The van der Waals surface area contributed by atoms with Crippen LogP contribution in [-0.4, -0.2) is 24.3 Å². The first-order valence-corrected chi connectivity index (χ1v) is 9.35. The summed E-state index contributed by atoms with van der Waals surface area (Å²) in [4.78, 5) is 25.0. The Morgan fingerprint density at radius 3 is 2.65 bits per heavy atom. The van der Waals surface area contributed by atoms with E-state index in [4.69, 9.17) is 4.74 Å². The van der Waals surface area contributed by atoms with Crippen molar-refractivity contribution < 1.29 is 18.7 Å². The molecular formula is C20H22FNO3S. The summed E-state index contributed by atoms with van der Waals surface area (Å²) in [5, 5.41) is 2.89. The average Bonchev–Trinajstić information content (AvgIpc) is 3.17. The largest absolute Gasteiger partial charge is 0.487 e. The van der Waals surface area contributed by atoms with E-state index in [9.17, 15) is 14.0 Å². The predicted octanol–water partition coefficient (Wildman–Crippen LogP) is 4.22. The molecule has 6 heteroatoms. The van der Waals surface area contributed by atoms with E-state index in [1.165, 1.54) is 30.4 Å². The molecule has 0 fully saturated rings. The van der Waals surface area contributed by atoms with Crippen molar-refractivity contribution >= 4 is 23.0 Å². The van der Waals surface area contributed by atoms with Gasteiger partial charge in [-0.15, -0.1) is 11.3 Å². The first kappa shape index (κ1) is 18.6. The van der Waals surface area contributed by atoms with Gasteiger partial charge in [0.05, 0.1) is 11.4 Å². The van der Waals surface area contributed by atoms with Crippen molar-refractivity contribution in [3.05, 3.63) is 40.5 Å². The molecule has 0 saturated carbocycles. The van der Waals surface area contributed by atoms with E-state index in [2.05, 4.69) is 5.32 Å². The van der Waals surface area contributed by atoms with Gasteiger partial charge in [-0.3, -0.25) is 9.59 Å². The van der Waals surface area contributed by atoms with Crippen LogP contribution in [0.2, 0.25) is 0 Å². The molecule has 2 aromatic rings. The summed E-state index contributed by atoms with van der Waals surface area (Å²) in [7, 11) is 0. The zero-order valence-electron chi connectivity index (χ0n) is 15.3. The summed E-state index contributed by atoms with van der Waals surface area (Å²) in [6.07, 6.45) is 0.305. The molecule has 1 aromatic heterocycles. The highest BCUT2D eigenvalue weighted by Gasteiger charge is 2.29. The first-order chi connectivity index (χ1) is 12.1. The minimum atomic E-state index is -0.469. The molecule has 0 spiro atoms. The number of rotatable bonds is 4. The maximum Gasteiger partial charge on any atom is 0.225 e. The van der Waals surface area contributed by atoms with Crippen LogP contribution in [0.3, 0.4) is 0 Å². The van der Waals surface area contributed by atoms with Crippen LogP contribution in [0.15, 0.2) is 24.3 Å². The third kappa shape index (κ3) is 3.80. The lowest BCUT2D eigenvalue weighted by Crippen LogP contribution is -2.40. The molecule has 1 aromatic carbocycles. The van der Waals surface area contributed by atoms with Gasteiger partial charge >= 0.3 is 0 Å². The number of ether oxygens (including phenoxy) is 1. The Hall–Kier alpha value is -2.21. The standard InChI is InChI=1S/C20H22FNO3S/c1-11(23)16-5-6-17(26-16)15-9-13(21)7-12-8-14(25-18(12)15)10-22-19(24)20(2,3)4/h5-7,9,14H,8,10H2,1-4H3,(H,22,24). The molecule has 0 aliphatic carbocycles. The molecule has 0 saturated heterocycles. The number of thiophene rings is 1. The molecule has 0 bridgehead atoms. The maximum atomic E-state index is 14.1. The van der Waals surface area contributed by atoms with Gasteiger partial charge in [-0.05, 0) is 31.2 Å². The lowest BCUT2D eigenvalue weighted by molar-refractivity contribution is -0.128. The van der Waals surface area contributed by atoms with E-state index in [1.807, 2.05) is 26.8 Å². The molecule has 1 N–H and O–H groups in total. The number of Topliss-reactive ketones (excluding diaryl/α,β-unsaturated/α-hetero) is 1. The second-order valence-corrected chi connectivity index (χ2v) is 8.65. The Labute approximate surface area is 156 Å². The lowest BCUT2D eigenvalue weighted by Gasteiger charge is -2.19. The van der Waals surface area contributed by atoms with E-state index < -0.39 is 5.41 Å². The van der Waals surface area contributed by atoms with Gasteiger partial charge in [-0.1, -0.05) is 20.8 Å². The summed E-state index contributed by atoms with van der Waals surface area (Å²) >= 11 is 1.33. The van der Waals surface area contributed by atoms with E-state index in [0.717, 1.165) is 10.4 Å². The molecule has 1 unspecified atom stereocenters. The third-order valence-corrected chi connectivity index (χ3v) is 5.47. The van der Waals surface area contributed by atoms with Gasteiger partial charge in [0, 0.05) is 27.8 Å². The number of carbonyl (C=O) groups is 2. The van der Waals surface area contributed by atoms with Crippen molar-refractivity contribution in [3.8, 4) is 16.2 Å². The van der Waals surface area contributed by atoms with Crippen LogP contribution in [0.5, 0.6) is 5.75 Å². The van der Waals surface area contributed by atoms with Crippen molar-refractivity contribution in [2.45, 2.75) is 40.2 Å². The summed E-state index contributed by atoms with van der Waals surface area (Å²) in [5.41, 5.74) is 0.970. The highest BCUT2D eigenvalue weighted by Crippen LogP contribution is 2.42. The first-order valence-electron chi connectivity index (χ1n) is 8.53. The Morgan fingerprint density at radius 1 is 1.31 bits per heavy atom. The fourth-order valence-electron chi connectivity index (χ4n) is 2.83. The smallest absolute Gasteiger partial charge is 0.225 e. The van der Waals surface area contributed by atoms with Crippen LogP contribution in [0.4, 0.5) is 4.39 Å². The van der Waals surface area contributed by atoms with E-state index in [1.54, 1.807) is 6.07 Å². The normalized spacial score (nSPS) is 16.1. The maximum absolute atomic E-state index is 14.1. The second kappa shape index (κ2) is 6.83. The van der Waals surface area contributed by atoms with Gasteiger partial charge in [-0.25, -0.2) is 4.39 Å². The molecule has 1 amide bonds. The number of hydrogen-bond donors (Lipinski definition) is 1. The number of amides is 1. The Balaban J connectivity index is 1.81. The second-order valence-electron chi connectivity index (χ2n) is 7.57. The minimum Gasteiger partial charge on any atom is -0.487 e. The molecule has 26 heavy (non-hydrogen) atoms. The zero-order chi connectivity index (χ0) is 19.1. The van der Waals surface area contributed by atoms with E-state index in [0.29, 0.717) is 29.2 Å². The van der Waals surface area contributed by atoms with Gasteiger partial charge in [-0.2, -0.15) is 0 Å². The Kier molecular flexibility index (Phi) is 4.88. The molecule has 1 aliphatic heterocycles. The Morgan fingerprint density at radius 2 is 2.04 bits per heavy atom. The molecule has 4 nitrogen and oxygen atoms in total. The SMILES string of the molecule is CC(=O)c1ccc(-c2cc(F)cc3c2OC(CNC(=O)C(C)(C)C)C3)s1. The number of halogens is 1. The van der Waals surface area contributed by atoms with Crippen molar-refractivity contribution in [3.63, 3.8) is 0 Å². The summed E-state index contributed by atoms with van der Waals surface area (Å²) in [6, 6.07) is 6.47. The van der Waals surface area contributed by atoms with Crippen molar-refractivity contribution in [1.82, 2.24) is 5.32 Å². The van der Waals surface area contributed by atoms with Crippen LogP contribution in [-0.2, 0) is 11.2 Å². The van der Waals surface area contributed by atoms with Crippen LogP contribution in [0.25, 0.3) is 10.4 Å². The third-order valence-electron chi connectivity index (χ3n) is 4.25. The molecule has 1 aliphatic rings. The summed E-state index contributed by atoms with van der Waals surface area (Å²) in [6.45, 7) is 7.43. The number of ketones is 1. The molecule has 138 valence electrons. The summed E-state index contributed by atoms with van der Waals surface area (Å²) < 4.78 is 20.1. The molecule has 1 atom stereocenters. The number of benzene rings is 1. The fourth-order valence-corrected chi connectivity index (χ4v) is 3.75. The van der Waals surface area contributed by atoms with Crippen LogP contribution in [0, 0.1) is 11.2 Å². The van der Waals surface area contributed by atoms with E-state index in [-0.39, 0.29) is 23.6 Å². The number of carbonyl (C=O) groups excluding carboxylic acids is 2. The monoisotopic (exact) mass is 375 g/mol. The van der Waals surface area contributed by atoms with Crippen molar-refractivity contribution in [1.29, 1.82) is 0 Å². The van der Waals surface area contributed by atoms with Gasteiger partial charge in [0.25, 0.3) is 0 Å². The van der Waals surface area contributed by atoms with E-state index >= 15 is 0 Å². The number of fused-ring (bicyclic) bond motifs is 1. The minimum absolute atomic E-state index is 0.0158. The van der Waals surface area contributed by atoms with Crippen LogP contribution < -0.4 is 10.1 Å². The fraction of sp³-hybridized carbons (Fsp3) is 0.400. The quantitative estimate of drug-likeness (QED) is 0.814. The number of nitrogens with one attached hydrogen (secondary N) is 1. The predicted molar refractivity (Wildman–Crippen MR) is 100 cm³/mol.